The van der Waals surface area contributed by atoms with Crippen molar-refractivity contribution in [2.24, 2.45) is 5.41 Å². The molecule has 0 radical (unpaired) electrons. The summed E-state index contributed by atoms with van der Waals surface area (Å²) in [6, 6.07) is 12.7. The van der Waals surface area contributed by atoms with Gasteiger partial charge < -0.3 is 15.2 Å². The lowest BCUT2D eigenvalue weighted by atomic mass is 9.74. The number of ether oxygens (including phenoxy) is 1. The van der Waals surface area contributed by atoms with Gasteiger partial charge in [-0.1, -0.05) is 30.3 Å². The second-order valence-corrected chi connectivity index (χ2v) is 8.49. The van der Waals surface area contributed by atoms with Gasteiger partial charge in [-0.25, -0.2) is 0 Å². The smallest absolute Gasteiger partial charge is 0.226 e. The molecule has 1 aliphatic carbocycles. The van der Waals surface area contributed by atoms with E-state index in [1.807, 2.05) is 12.3 Å². The predicted octanol–water partition coefficient (Wildman–Crippen LogP) is 3.51. The van der Waals surface area contributed by atoms with Crippen LogP contribution in [-0.4, -0.2) is 41.4 Å². The summed E-state index contributed by atoms with van der Waals surface area (Å²) in [4.78, 5) is 17.5. The molecular weight excluding hydrogens is 364 g/mol. The van der Waals surface area contributed by atoms with Crippen molar-refractivity contribution in [2.75, 3.05) is 13.2 Å². The van der Waals surface area contributed by atoms with Crippen LogP contribution in [0.5, 0.6) is 0 Å². The summed E-state index contributed by atoms with van der Waals surface area (Å²) in [6.07, 6.45) is 8.93. The van der Waals surface area contributed by atoms with Gasteiger partial charge in [0, 0.05) is 31.6 Å². The fourth-order valence-corrected chi connectivity index (χ4v) is 4.54. The molecule has 2 N–H and O–H groups in total. The van der Waals surface area contributed by atoms with Gasteiger partial charge in [0.05, 0.1) is 11.5 Å². The average Bonchev–Trinajstić information content (AvgIpc) is 2.77. The molecule has 2 aliphatic rings. The zero-order chi connectivity index (χ0) is 20.1. The van der Waals surface area contributed by atoms with E-state index in [1.54, 1.807) is 6.20 Å². The Bertz CT molecular complexity index is 793. The van der Waals surface area contributed by atoms with Crippen LogP contribution in [0.25, 0.3) is 11.1 Å². The minimum Gasteiger partial charge on any atom is -0.393 e. The second kappa shape index (κ2) is 9.06. The Balaban J connectivity index is 1.47. The van der Waals surface area contributed by atoms with Crippen molar-refractivity contribution >= 4 is 5.91 Å². The summed E-state index contributed by atoms with van der Waals surface area (Å²) in [5.74, 6) is 0.151. The van der Waals surface area contributed by atoms with Gasteiger partial charge in [-0.05, 0) is 67.7 Å². The number of aliphatic hydroxyl groups is 1. The maximum atomic E-state index is 13.3. The molecule has 1 saturated carbocycles. The highest BCUT2D eigenvalue weighted by molar-refractivity contribution is 5.83. The standard InChI is InChI=1S/C24H30N2O3/c27-22-9-7-21(8-10-22)26-23(28)24(11-14-29-15-12-24)16-18-3-5-19(6-4-18)20-2-1-13-25-17-20/h1-6,13,17,21-22,27H,7-12,14-16H2,(H,26,28). The van der Waals surface area contributed by atoms with Crippen molar-refractivity contribution in [3.63, 3.8) is 0 Å². The van der Waals surface area contributed by atoms with Crippen molar-refractivity contribution in [3.8, 4) is 11.1 Å². The second-order valence-electron chi connectivity index (χ2n) is 8.49. The van der Waals surface area contributed by atoms with E-state index in [4.69, 9.17) is 4.74 Å². The average molecular weight is 395 g/mol. The van der Waals surface area contributed by atoms with Crippen LogP contribution in [0.15, 0.2) is 48.8 Å². The third-order valence-corrected chi connectivity index (χ3v) is 6.45. The fourth-order valence-electron chi connectivity index (χ4n) is 4.54. The lowest BCUT2D eigenvalue weighted by Gasteiger charge is -2.38. The van der Waals surface area contributed by atoms with E-state index < -0.39 is 5.41 Å². The molecule has 29 heavy (non-hydrogen) atoms. The fraction of sp³-hybridized carbons (Fsp3) is 0.500. The van der Waals surface area contributed by atoms with Gasteiger partial charge in [0.15, 0.2) is 0 Å². The van der Waals surface area contributed by atoms with Gasteiger partial charge in [0.1, 0.15) is 0 Å². The molecule has 154 valence electrons. The molecule has 0 spiro atoms. The van der Waals surface area contributed by atoms with Crippen molar-refractivity contribution in [2.45, 2.75) is 57.1 Å². The first-order chi connectivity index (χ1) is 14.1. The summed E-state index contributed by atoms with van der Waals surface area (Å²) in [7, 11) is 0. The van der Waals surface area contributed by atoms with Crippen molar-refractivity contribution in [3.05, 3.63) is 54.4 Å². The Kier molecular flexibility index (Phi) is 6.26. The van der Waals surface area contributed by atoms with E-state index in [0.29, 0.717) is 13.2 Å². The molecule has 5 heteroatoms. The van der Waals surface area contributed by atoms with E-state index in [9.17, 15) is 9.90 Å². The van der Waals surface area contributed by atoms with Gasteiger partial charge in [0.2, 0.25) is 5.91 Å². The number of rotatable bonds is 5. The van der Waals surface area contributed by atoms with E-state index >= 15 is 0 Å². The Morgan fingerprint density at radius 1 is 1.07 bits per heavy atom. The number of carbonyl (C=O) groups is 1. The lowest BCUT2D eigenvalue weighted by Crippen LogP contribution is -2.50. The number of benzene rings is 1. The molecule has 0 atom stereocenters. The molecular formula is C24H30N2O3. The van der Waals surface area contributed by atoms with E-state index in [0.717, 1.165) is 56.1 Å². The number of nitrogens with one attached hydrogen (secondary N) is 1. The van der Waals surface area contributed by atoms with E-state index in [1.165, 1.54) is 5.56 Å². The van der Waals surface area contributed by atoms with Crippen LogP contribution in [-0.2, 0) is 16.0 Å². The SMILES string of the molecule is O=C(NC1CCC(O)CC1)C1(Cc2ccc(-c3cccnc3)cc2)CCOCC1. The van der Waals surface area contributed by atoms with Gasteiger partial charge in [0.25, 0.3) is 0 Å². The first-order valence-electron chi connectivity index (χ1n) is 10.7. The molecule has 4 rings (SSSR count). The Morgan fingerprint density at radius 2 is 1.79 bits per heavy atom. The Morgan fingerprint density at radius 3 is 2.45 bits per heavy atom. The van der Waals surface area contributed by atoms with Crippen LogP contribution in [0.4, 0.5) is 0 Å². The third kappa shape index (κ3) is 4.85. The van der Waals surface area contributed by atoms with Gasteiger partial charge in [-0.3, -0.25) is 9.78 Å². The normalized spacial score (nSPS) is 24.0. The van der Waals surface area contributed by atoms with Gasteiger partial charge >= 0.3 is 0 Å². The quantitative estimate of drug-likeness (QED) is 0.814. The number of hydrogen-bond donors (Lipinski definition) is 2. The number of hydrogen-bond acceptors (Lipinski definition) is 4. The zero-order valence-corrected chi connectivity index (χ0v) is 16.8. The molecule has 1 aliphatic heterocycles. The summed E-state index contributed by atoms with van der Waals surface area (Å²) >= 11 is 0. The Labute approximate surface area is 172 Å². The molecule has 2 fully saturated rings. The molecule has 1 aromatic carbocycles. The maximum Gasteiger partial charge on any atom is 0.226 e. The third-order valence-electron chi connectivity index (χ3n) is 6.45. The van der Waals surface area contributed by atoms with Crippen LogP contribution in [0.2, 0.25) is 0 Å². The predicted molar refractivity (Wildman–Crippen MR) is 112 cm³/mol. The highest BCUT2D eigenvalue weighted by Crippen LogP contribution is 2.36. The molecule has 2 heterocycles. The largest absolute Gasteiger partial charge is 0.393 e. The number of amides is 1. The molecule has 5 nitrogen and oxygen atoms in total. The first kappa shape index (κ1) is 20.0. The lowest BCUT2D eigenvalue weighted by molar-refractivity contribution is -0.137. The summed E-state index contributed by atoms with van der Waals surface area (Å²) < 4.78 is 5.57. The molecule has 0 unspecified atom stereocenters. The van der Waals surface area contributed by atoms with Crippen molar-refractivity contribution in [1.82, 2.24) is 10.3 Å². The molecule has 2 aromatic rings. The minimum atomic E-state index is -0.413. The number of aromatic nitrogens is 1. The number of nitrogens with zero attached hydrogens (tertiary/aromatic N) is 1. The van der Waals surface area contributed by atoms with Crippen LogP contribution in [0.1, 0.15) is 44.1 Å². The van der Waals surface area contributed by atoms with E-state index in [-0.39, 0.29) is 18.1 Å². The van der Waals surface area contributed by atoms with Crippen LogP contribution >= 0.6 is 0 Å². The van der Waals surface area contributed by atoms with Gasteiger partial charge in [-0.2, -0.15) is 0 Å². The zero-order valence-electron chi connectivity index (χ0n) is 16.8. The number of aliphatic hydroxyl groups excluding tert-OH is 1. The van der Waals surface area contributed by atoms with E-state index in [2.05, 4.69) is 40.6 Å². The van der Waals surface area contributed by atoms with Crippen LogP contribution in [0.3, 0.4) is 0 Å². The Hall–Kier alpha value is -2.24. The summed E-state index contributed by atoms with van der Waals surface area (Å²) in [5, 5.41) is 13.0. The van der Waals surface area contributed by atoms with Crippen LogP contribution < -0.4 is 5.32 Å². The number of carbonyl (C=O) groups excluding carboxylic acids is 1. The topological polar surface area (TPSA) is 71.5 Å². The number of pyridine rings is 1. The van der Waals surface area contributed by atoms with Crippen LogP contribution in [0, 0.1) is 5.41 Å². The molecule has 1 amide bonds. The van der Waals surface area contributed by atoms with Gasteiger partial charge in [-0.15, -0.1) is 0 Å². The summed E-state index contributed by atoms with van der Waals surface area (Å²) in [6.45, 7) is 1.26. The monoisotopic (exact) mass is 394 g/mol. The van der Waals surface area contributed by atoms with Crippen molar-refractivity contribution in [1.29, 1.82) is 0 Å². The summed E-state index contributed by atoms with van der Waals surface area (Å²) in [5.41, 5.74) is 2.99. The highest BCUT2D eigenvalue weighted by Gasteiger charge is 2.41. The molecule has 0 bridgehead atoms. The highest BCUT2D eigenvalue weighted by atomic mass is 16.5. The maximum absolute atomic E-state index is 13.3. The molecule has 1 saturated heterocycles. The first-order valence-corrected chi connectivity index (χ1v) is 10.7. The molecule has 1 aromatic heterocycles. The minimum absolute atomic E-state index is 0.151. The van der Waals surface area contributed by atoms with Crippen molar-refractivity contribution < 1.29 is 14.6 Å².